The number of nitrogens with one attached hydrogen (secondary N) is 1. The van der Waals surface area contributed by atoms with Crippen LogP contribution in [0.1, 0.15) is 27.2 Å². The molecule has 0 aliphatic carbocycles. The van der Waals surface area contributed by atoms with Gasteiger partial charge in [-0.25, -0.2) is 0 Å². The van der Waals surface area contributed by atoms with Crippen LogP contribution >= 0.6 is 35.8 Å². The molecule has 0 aliphatic heterocycles. The van der Waals surface area contributed by atoms with Gasteiger partial charge in [0, 0.05) is 6.04 Å². The Labute approximate surface area is 204 Å². The minimum Gasteiger partial charge on any atom is -0.467 e. The van der Waals surface area contributed by atoms with Crippen LogP contribution in [-0.2, 0) is 0 Å². The quantitative estimate of drug-likeness (QED) is 0.320. The Balaban J connectivity index is 0. The minimum absolute atomic E-state index is 0.0318. The lowest BCUT2D eigenvalue weighted by Gasteiger charge is -2.15. The van der Waals surface area contributed by atoms with Crippen molar-refractivity contribution < 1.29 is 14.6 Å². The van der Waals surface area contributed by atoms with E-state index >= 15 is 0 Å². The van der Waals surface area contributed by atoms with E-state index in [2.05, 4.69) is 79.9 Å². The number of methoxy groups -OCH3 is 2. The molecule has 0 saturated heterocycles. The Morgan fingerprint density at radius 2 is 1.47 bits per heavy atom. The number of aromatic nitrogens is 6. The molecule has 2 heterocycles. The number of hydrogen-bond acceptors (Lipinski definition) is 12. The Morgan fingerprint density at radius 3 is 1.88 bits per heavy atom. The maximum atomic E-state index is 7.76. The normalized spacial score (nSPS) is 10.2. The average molecular weight is 511 g/mol. The maximum Gasteiger partial charge on any atom is 0.322 e. The third kappa shape index (κ3) is 16.5. The molecule has 2 aromatic rings. The monoisotopic (exact) mass is 510 g/mol. The van der Waals surface area contributed by atoms with Crippen molar-refractivity contribution in [3.8, 4) is 12.0 Å². The average Bonchev–Trinajstić information content (AvgIpc) is 2.74. The fourth-order valence-corrected chi connectivity index (χ4v) is 2.22. The van der Waals surface area contributed by atoms with E-state index in [1.165, 1.54) is 20.3 Å². The summed E-state index contributed by atoms with van der Waals surface area (Å²) < 4.78 is 9.56. The molecule has 14 heteroatoms. The van der Waals surface area contributed by atoms with Crippen molar-refractivity contribution in [3.05, 3.63) is 23.2 Å². The van der Waals surface area contributed by atoms with Crippen molar-refractivity contribution in [2.75, 3.05) is 38.1 Å². The Hall–Kier alpha value is -2.15. The molecule has 1 atom stereocenters. The van der Waals surface area contributed by atoms with Gasteiger partial charge in [-0.2, -0.15) is 42.5 Å². The predicted molar refractivity (Wildman–Crippen MR) is 132 cm³/mol. The second-order valence-corrected chi connectivity index (χ2v) is 6.69. The standard InChI is InChI=1S/C10H17ClN4O.C4H5ClN4O.C3H6O.CH4S/c1-6(2)5-7(3)12-9-13-8(11)14-10(15-9)16-4;1-10-4-8-2(5)7-3(6)9-4;1-2-3-4;1-2/h6-7H,5H2,1-4H3,(H,12,13,14,15);1H3,(H2,6,7,8,9);2,4H,1,3H2;2H,1H3. The number of halogens is 2. The number of nitrogen functional groups attached to an aromatic ring is 1. The lowest BCUT2D eigenvalue weighted by Crippen LogP contribution is -2.19. The van der Waals surface area contributed by atoms with Crippen LogP contribution in [0.2, 0.25) is 10.6 Å². The van der Waals surface area contributed by atoms with Gasteiger partial charge in [0.2, 0.25) is 22.5 Å². The van der Waals surface area contributed by atoms with Crippen LogP contribution in [-0.4, -0.2) is 68.1 Å². The molecular weight excluding hydrogens is 479 g/mol. The summed E-state index contributed by atoms with van der Waals surface area (Å²) in [6.07, 6.45) is 4.16. The molecule has 0 fully saturated rings. The van der Waals surface area contributed by atoms with E-state index in [9.17, 15) is 0 Å². The molecule has 1 unspecified atom stereocenters. The van der Waals surface area contributed by atoms with E-state index in [1.54, 1.807) is 6.26 Å². The molecular formula is C18H32Cl2N8O3S. The van der Waals surface area contributed by atoms with E-state index in [1.807, 2.05) is 0 Å². The molecule has 4 N–H and O–H groups in total. The summed E-state index contributed by atoms with van der Waals surface area (Å²) in [6.45, 7) is 9.72. The van der Waals surface area contributed by atoms with Gasteiger partial charge in [0.05, 0.1) is 20.8 Å². The molecule has 0 bridgehead atoms. The zero-order valence-electron chi connectivity index (χ0n) is 19.1. The predicted octanol–water partition coefficient (Wildman–Crippen LogP) is 3.21. The van der Waals surface area contributed by atoms with Crippen LogP contribution in [0, 0.1) is 5.92 Å². The van der Waals surface area contributed by atoms with Crippen LogP contribution in [0.5, 0.6) is 12.0 Å². The molecule has 0 amide bonds. The van der Waals surface area contributed by atoms with Crippen molar-refractivity contribution >= 4 is 47.7 Å². The van der Waals surface area contributed by atoms with E-state index in [4.69, 9.17) is 38.8 Å². The number of anilines is 2. The number of hydrogen-bond donors (Lipinski definition) is 4. The summed E-state index contributed by atoms with van der Waals surface area (Å²) in [4.78, 5) is 22.6. The molecule has 0 aromatic carbocycles. The number of aliphatic hydroxyl groups is 1. The third-order valence-electron chi connectivity index (χ3n) is 2.89. The zero-order valence-corrected chi connectivity index (χ0v) is 21.5. The third-order valence-corrected chi connectivity index (χ3v) is 3.23. The highest BCUT2D eigenvalue weighted by molar-refractivity contribution is 7.79. The summed E-state index contributed by atoms with van der Waals surface area (Å²) in [7, 11) is 2.91. The molecule has 0 aliphatic rings. The SMILES string of the molecule is C=CCO.COc1nc(Cl)nc(NC(C)CC(C)C)n1.COc1nc(N)nc(Cl)n1.CS. The lowest BCUT2D eigenvalue weighted by atomic mass is 10.1. The smallest absolute Gasteiger partial charge is 0.322 e. The van der Waals surface area contributed by atoms with Gasteiger partial charge in [0.15, 0.2) is 0 Å². The molecule has 182 valence electrons. The van der Waals surface area contributed by atoms with E-state index in [-0.39, 0.29) is 41.2 Å². The van der Waals surface area contributed by atoms with Crippen LogP contribution in [0.3, 0.4) is 0 Å². The molecule has 0 spiro atoms. The maximum absolute atomic E-state index is 7.76. The first-order valence-corrected chi connectivity index (χ1v) is 10.9. The van der Waals surface area contributed by atoms with E-state index in [0.29, 0.717) is 11.9 Å². The molecule has 32 heavy (non-hydrogen) atoms. The van der Waals surface area contributed by atoms with Gasteiger partial charge in [-0.05, 0) is 48.7 Å². The lowest BCUT2D eigenvalue weighted by molar-refractivity contribution is 0.343. The highest BCUT2D eigenvalue weighted by atomic mass is 35.5. The van der Waals surface area contributed by atoms with Crippen molar-refractivity contribution in [1.29, 1.82) is 0 Å². The van der Waals surface area contributed by atoms with E-state index in [0.717, 1.165) is 6.42 Å². The van der Waals surface area contributed by atoms with Gasteiger partial charge in [-0.15, -0.1) is 6.58 Å². The van der Waals surface area contributed by atoms with Crippen LogP contribution in [0.25, 0.3) is 0 Å². The number of nitrogens with zero attached hydrogens (tertiary/aromatic N) is 6. The number of rotatable bonds is 7. The van der Waals surface area contributed by atoms with Gasteiger partial charge < -0.3 is 25.6 Å². The number of aliphatic hydroxyl groups excluding tert-OH is 1. The highest BCUT2D eigenvalue weighted by Crippen LogP contribution is 2.14. The number of thiol groups is 1. The summed E-state index contributed by atoms with van der Waals surface area (Å²) >= 11 is 14.7. The fourth-order valence-electron chi connectivity index (χ4n) is 1.91. The Kier molecular flexibility index (Phi) is 19.5. The van der Waals surface area contributed by atoms with Crippen molar-refractivity contribution in [3.63, 3.8) is 0 Å². The second kappa shape index (κ2) is 19.5. The molecule has 2 rings (SSSR count). The van der Waals surface area contributed by atoms with Crippen LogP contribution in [0.4, 0.5) is 11.9 Å². The highest BCUT2D eigenvalue weighted by Gasteiger charge is 2.09. The fraction of sp³-hybridized carbons (Fsp3) is 0.556. The topological polar surface area (TPSA) is 154 Å². The van der Waals surface area contributed by atoms with Crippen LogP contribution in [0.15, 0.2) is 12.7 Å². The number of nitrogens with two attached hydrogens (primary N) is 1. The molecule has 2 aromatic heterocycles. The molecule has 11 nitrogen and oxygen atoms in total. The first-order valence-electron chi connectivity index (χ1n) is 9.24. The van der Waals surface area contributed by atoms with Crippen LogP contribution < -0.4 is 20.5 Å². The summed E-state index contributed by atoms with van der Waals surface area (Å²) in [5, 5.41) is 11.1. The van der Waals surface area contributed by atoms with Crippen molar-refractivity contribution in [2.24, 2.45) is 5.92 Å². The van der Waals surface area contributed by atoms with Crippen molar-refractivity contribution in [1.82, 2.24) is 29.9 Å². The van der Waals surface area contributed by atoms with Gasteiger partial charge in [-0.3, -0.25) is 0 Å². The molecule has 0 radical (unpaired) electrons. The van der Waals surface area contributed by atoms with Gasteiger partial charge in [-0.1, -0.05) is 19.9 Å². The largest absolute Gasteiger partial charge is 0.467 e. The summed E-state index contributed by atoms with van der Waals surface area (Å²) in [5.41, 5.74) is 5.21. The Morgan fingerprint density at radius 1 is 1.00 bits per heavy atom. The summed E-state index contributed by atoms with van der Waals surface area (Å²) in [5.74, 6) is 1.11. The van der Waals surface area contributed by atoms with Crippen molar-refractivity contribution in [2.45, 2.75) is 33.2 Å². The summed E-state index contributed by atoms with van der Waals surface area (Å²) in [6, 6.07) is 0.625. The molecule has 0 saturated carbocycles. The zero-order chi connectivity index (χ0) is 25.1. The Bertz CT molecular complexity index is 755. The first-order chi connectivity index (χ1) is 15.1. The minimum atomic E-state index is 0.0318. The van der Waals surface area contributed by atoms with Gasteiger partial charge in [0.1, 0.15) is 0 Å². The number of ether oxygens (including phenoxy) is 2. The van der Waals surface area contributed by atoms with E-state index < -0.39 is 0 Å². The second-order valence-electron chi connectivity index (χ2n) is 6.01. The van der Waals surface area contributed by atoms with Gasteiger partial charge in [0.25, 0.3) is 0 Å². The first kappa shape index (κ1) is 32.0. The van der Waals surface area contributed by atoms with Gasteiger partial charge >= 0.3 is 12.0 Å².